The third-order valence-corrected chi connectivity index (χ3v) is 4.34. The largest absolute Gasteiger partial charge is 0.496 e. The second-order valence-electron chi connectivity index (χ2n) is 6.14. The molecule has 0 unspecified atom stereocenters. The highest BCUT2D eigenvalue weighted by atomic mass is 16.5. The summed E-state index contributed by atoms with van der Waals surface area (Å²) in [5, 5.41) is 5.85. The van der Waals surface area contributed by atoms with Crippen molar-refractivity contribution >= 4 is 17.1 Å². The SMILES string of the molecule is COc1ccccc1[C@H](C)NC(=O)NCCCn1cnc2ccccc21. The van der Waals surface area contributed by atoms with E-state index in [-0.39, 0.29) is 12.1 Å². The first-order chi connectivity index (χ1) is 12.7. The molecule has 0 radical (unpaired) electrons. The number of urea groups is 1. The Morgan fingerprint density at radius 3 is 2.81 bits per heavy atom. The van der Waals surface area contributed by atoms with E-state index in [1.165, 1.54) is 0 Å². The normalized spacial score (nSPS) is 11.9. The molecule has 0 saturated heterocycles. The maximum absolute atomic E-state index is 12.1. The number of methoxy groups -OCH3 is 1. The van der Waals surface area contributed by atoms with Crippen molar-refractivity contribution in [3.05, 3.63) is 60.4 Å². The average Bonchev–Trinajstić information content (AvgIpc) is 3.08. The minimum Gasteiger partial charge on any atom is -0.496 e. The summed E-state index contributed by atoms with van der Waals surface area (Å²) < 4.78 is 7.45. The fourth-order valence-electron chi connectivity index (χ4n) is 2.99. The van der Waals surface area contributed by atoms with E-state index in [1.807, 2.05) is 55.7 Å². The number of carbonyl (C=O) groups excluding carboxylic acids is 1. The highest BCUT2D eigenvalue weighted by molar-refractivity contribution is 5.75. The molecular weight excluding hydrogens is 328 g/mol. The minimum atomic E-state index is -0.182. The van der Waals surface area contributed by atoms with Crippen LogP contribution in [0.25, 0.3) is 11.0 Å². The maximum atomic E-state index is 12.1. The first-order valence-electron chi connectivity index (χ1n) is 8.76. The number of hydrogen-bond donors (Lipinski definition) is 2. The standard InChI is InChI=1S/C20H24N4O2/c1-15(16-8-3-6-11-19(16)26-2)23-20(25)21-12-7-13-24-14-22-17-9-4-5-10-18(17)24/h3-6,8-11,14-15H,7,12-13H2,1-2H3,(H2,21,23,25)/t15-/m0/s1. The van der Waals surface area contributed by atoms with Crippen molar-refractivity contribution < 1.29 is 9.53 Å². The molecule has 0 aliphatic heterocycles. The van der Waals surface area contributed by atoms with Crippen LogP contribution in [-0.4, -0.2) is 29.2 Å². The van der Waals surface area contributed by atoms with Gasteiger partial charge in [0.25, 0.3) is 0 Å². The van der Waals surface area contributed by atoms with Crippen molar-refractivity contribution in [3.63, 3.8) is 0 Å². The molecule has 2 aromatic carbocycles. The molecule has 0 bridgehead atoms. The van der Waals surface area contributed by atoms with Crippen LogP contribution in [0.1, 0.15) is 24.9 Å². The summed E-state index contributed by atoms with van der Waals surface area (Å²) in [5.41, 5.74) is 3.06. The van der Waals surface area contributed by atoms with Gasteiger partial charge in [0.1, 0.15) is 5.75 Å². The number of nitrogens with one attached hydrogen (secondary N) is 2. The van der Waals surface area contributed by atoms with Gasteiger partial charge in [-0.05, 0) is 31.5 Å². The molecule has 26 heavy (non-hydrogen) atoms. The van der Waals surface area contributed by atoms with Gasteiger partial charge in [-0.1, -0.05) is 30.3 Å². The summed E-state index contributed by atoms with van der Waals surface area (Å²) in [5.74, 6) is 0.771. The van der Waals surface area contributed by atoms with Crippen molar-refractivity contribution in [1.29, 1.82) is 0 Å². The van der Waals surface area contributed by atoms with E-state index in [2.05, 4.69) is 26.3 Å². The topological polar surface area (TPSA) is 68.2 Å². The lowest BCUT2D eigenvalue weighted by molar-refractivity contribution is 0.237. The maximum Gasteiger partial charge on any atom is 0.315 e. The van der Waals surface area contributed by atoms with Gasteiger partial charge in [-0.3, -0.25) is 0 Å². The molecule has 3 rings (SSSR count). The molecule has 6 nitrogen and oxygen atoms in total. The Morgan fingerprint density at radius 1 is 1.19 bits per heavy atom. The van der Waals surface area contributed by atoms with Crippen LogP contribution in [0, 0.1) is 0 Å². The van der Waals surface area contributed by atoms with Gasteiger partial charge in [-0.2, -0.15) is 0 Å². The molecule has 2 N–H and O–H groups in total. The van der Waals surface area contributed by atoms with Crippen molar-refractivity contribution in [2.75, 3.05) is 13.7 Å². The Morgan fingerprint density at radius 2 is 1.96 bits per heavy atom. The van der Waals surface area contributed by atoms with E-state index in [9.17, 15) is 4.79 Å². The lowest BCUT2D eigenvalue weighted by Crippen LogP contribution is -2.37. The van der Waals surface area contributed by atoms with Gasteiger partial charge in [0, 0.05) is 18.7 Å². The average molecular weight is 352 g/mol. The molecule has 0 aliphatic carbocycles. The van der Waals surface area contributed by atoms with Crippen molar-refractivity contribution in [2.45, 2.75) is 25.9 Å². The smallest absolute Gasteiger partial charge is 0.315 e. The fourth-order valence-corrected chi connectivity index (χ4v) is 2.99. The molecule has 3 aromatic rings. The quantitative estimate of drug-likeness (QED) is 0.640. The number of imidazole rings is 1. The molecule has 2 amide bonds. The van der Waals surface area contributed by atoms with Crippen LogP contribution < -0.4 is 15.4 Å². The second kappa shape index (κ2) is 8.38. The highest BCUT2D eigenvalue weighted by Crippen LogP contribution is 2.24. The van der Waals surface area contributed by atoms with Crippen molar-refractivity contribution in [1.82, 2.24) is 20.2 Å². The summed E-state index contributed by atoms with van der Waals surface area (Å²) in [4.78, 5) is 16.5. The molecule has 0 aliphatic rings. The van der Waals surface area contributed by atoms with Gasteiger partial charge < -0.3 is 19.9 Å². The molecule has 0 spiro atoms. The predicted molar refractivity (Wildman–Crippen MR) is 102 cm³/mol. The lowest BCUT2D eigenvalue weighted by Gasteiger charge is -2.17. The van der Waals surface area contributed by atoms with E-state index in [4.69, 9.17) is 4.74 Å². The van der Waals surface area contributed by atoms with Crippen LogP contribution in [0.5, 0.6) is 5.75 Å². The molecular formula is C20H24N4O2. The van der Waals surface area contributed by atoms with E-state index in [1.54, 1.807) is 7.11 Å². The molecule has 1 aromatic heterocycles. The molecule has 1 heterocycles. The van der Waals surface area contributed by atoms with Gasteiger partial charge >= 0.3 is 6.03 Å². The van der Waals surface area contributed by atoms with Crippen LogP contribution in [0.4, 0.5) is 4.79 Å². The zero-order valence-electron chi connectivity index (χ0n) is 15.1. The van der Waals surface area contributed by atoms with Crippen LogP contribution in [0.3, 0.4) is 0 Å². The second-order valence-corrected chi connectivity index (χ2v) is 6.14. The number of aromatic nitrogens is 2. The Labute approximate surface area is 153 Å². The van der Waals surface area contributed by atoms with Crippen molar-refractivity contribution in [2.24, 2.45) is 0 Å². The number of fused-ring (bicyclic) bond motifs is 1. The Kier molecular flexibility index (Phi) is 5.73. The number of benzene rings is 2. The summed E-state index contributed by atoms with van der Waals surface area (Å²) in [7, 11) is 1.63. The van der Waals surface area contributed by atoms with Gasteiger partial charge in [-0.15, -0.1) is 0 Å². The molecule has 0 saturated carbocycles. The zero-order chi connectivity index (χ0) is 18.4. The van der Waals surface area contributed by atoms with Gasteiger partial charge in [0.15, 0.2) is 0 Å². The Hall–Kier alpha value is -3.02. The number of ether oxygens (including phenoxy) is 1. The summed E-state index contributed by atoms with van der Waals surface area (Å²) in [6.45, 7) is 3.34. The Bertz CT molecular complexity index is 875. The minimum absolute atomic E-state index is 0.135. The highest BCUT2D eigenvalue weighted by Gasteiger charge is 2.13. The monoisotopic (exact) mass is 352 g/mol. The summed E-state index contributed by atoms with van der Waals surface area (Å²) >= 11 is 0. The van der Waals surface area contributed by atoms with E-state index < -0.39 is 0 Å². The van der Waals surface area contributed by atoms with E-state index >= 15 is 0 Å². The van der Waals surface area contributed by atoms with Crippen LogP contribution in [0.15, 0.2) is 54.9 Å². The number of nitrogens with zero attached hydrogens (tertiary/aromatic N) is 2. The van der Waals surface area contributed by atoms with Crippen LogP contribution >= 0.6 is 0 Å². The number of para-hydroxylation sites is 3. The number of carbonyl (C=O) groups is 1. The number of aryl methyl sites for hydroxylation is 1. The number of hydrogen-bond acceptors (Lipinski definition) is 3. The zero-order valence-corrected chi connectivity index (χ0v) is 15.1. The molecule has 0 fully saturated rings. The van der Waals surface area contributed by atoms with Gasteiger partial charge in [0.2, 0.25) is 0 Å². The molecule has 1 atom stereocenters. The summed E-state index contributed by atoms with van der Waals surface area (Å²) in [6, 6.07) is 15.4. The molecule has 136 valence electrons. The third kappa shape index (κ3) is 4.14. The number of rotatable bonds is 7. The third-order valence-electron chi connectivity index (χ3n) is 4.34. The molecule has 6 heteroatoms. The van der Waals surface area contributed by atoms with Crippen LogP contribution in [-0.2, 0) is 6.54 Å². The fraction of sp³-hybridized carbons (Fsp3) is 0.300. The first kappa shape index (κ1) is 17.8. The van der Waals surface area contributed by atoms with Crippen LogP contribution in [0.2, 0.25) is 0 Å². The summed E-state index contributed by atoms with van der Waals surface area (Å²) in [6.07, 6.45) is 2.67. The predicted octanol–water partition coefficient (Wildman–Crippen LogP) is 3.50. The number of amides is 2. The lowest BCUT2D eigenvalue weighted by atomic mass is 10.1. The Balaban J connectivity index is 1.45. The van der Waals surface area contributed by atoms with Crippen molar-refractivity contribution in [3.8, 4) is 5.75 Å². The van der Waals surface area contributed by atoms with E-state index in [0.717, 1.165) is 35.3 Å². The first-order valence-corrected chi connectivity index (χ1v) is 8.76. The van der Waals surface area contributed by atoms with E-state index in [0.29, 0.717) is 6.54 Å². The van der Waals surface area contributed by atoms with Gasteiger partial charge in [0.05, 0.1) is 30.5 Å². The van der Waals surface area contributed by atoms with Gasteiger partial charge in [-0.25, -0.2) is 9.78 Å².